The molecule has 0 saturated heterocycles. The minimum atomic E-state index is -3.00. The molecule has 1 aliphatic heterocycles. The summed E-state index contributed by atoms with van der Waals surface area (Å²) in [6.07, 6.45) is 1.11. The van der Waals surface area contributed by atoms with Crippen molar-refractivity contribution in [2.24, 2.45) is 0 Å². The zero-order valence-electron chi connectivity index (χ0n) is 16.3. The molecule has 1 aliphatic rings. The monoisotopic (exact) mass is 445 g/mol. The normalized spacial score (nSPS) is 12.8. The topological polar surface area (TPSA) is 89.5 Å². The maximum atomic E-state index is 12.6. The first-order valence-electron chi connectivity index (χ1n) is 9.26. The van der Waals surface area contributed by atoms with Gasteiger partial charge in [-0.2, -0.15) is 8.78 Å². The number of hydrogen-bond donors (Lipinski definition) is 2. The second-order valence-corrected chi connectivity index (χ2v) is 7.51. The predicted molar refractivity (Wildman–Crippen MR) is 112 cm³/mol. The Hall–Kier alpha value is -3.53. The number of ether oxygens (including phenoxy) is 2. The summed E-state index contributed by atoms with van der Waals surface area (Å²) in [5.74, 6) is -0.594. The summed E-state index contributed by atoms with van der Waals surface area (Å²) >= 11 is 1.26. The molecule has 4 rings (SSSR count). The molecule has 7 nitrogen and oxygen atoms in total. The van der Waals surface area contributed by atoms with Gasteiger partial charge in [-0.25, -0.2) is 4.98 Å². The fraction of sp³-hybridized carbons (Fsp3) is 0.190. The van der Waals surface area contributed by atoms with E-state index in [0.717, 1.165) is 16.8 Å². The number of nitrogens with one attached hydrogen (secondary N) is 2. The predicted octanol–water partition coefficient (Wildman–Crippen LogP) is 4.56. The lowest BCUT2D eigenvalue weighted by Crippen LogP contribution is -2.18. The lowest BCUT2D eigenvalue weighted by Gasteiger charge is -2.17. The Morgan fingerprint density at radius 1 is 1.19 bits per heavy atom. The summed E-state index contributed by atoms with van der Waals surface area (Å²) < 4.78 is 34.3. The molecule has 2 aromatic carbocycles. The van der Waals surface area contributed by atoms with Gasteiger partial charge >= 0.3 is 6.61 Å². The van der Waals surface area contributed by atoms with E-state index in [2.05, 4.69) is 20.4 Å². The van der Waals surface area contributed by atoms with Gasteiger partial charge in [0.1, 0.15) is 0 Å². The van der Waals surface area contributed by atoms with Gasteiger partial charge in [-0.05, 0) is 42.3 Å². The Kier molecular flexibility index (Phi) is 5.81. The van der Waals surface area contributed by atoms with Crippen molar-refractivity contribution in [2.75, 3.05) is 17.7 Å². The molecule has 0 atom stereocenters. The van der Waals surface area contributed by atoms with Crippen LogP contribution in [0.15, 0.2) is 41.8 Å². The third-order valence-corrected chi connectivity index (χ3v) is 5.42. The van der Waals surface area contributed by atoms with E-state index in [9.17, 15) is 18.4 Å². The largest absolute Gasteiger partial charge is 0.493 e. The number of fused-ring (bicyclic) bond motifs is 1. The van der Waals surface area contributed by atoms with Crippen LogP contribution in [0.1, 0.15) is 22.3 Å². The lowest BCUT2D eigenvalue weighted by atomic mass is 9.99. The number of carbonyl (C=O) groups is 2. The Bertz CT molecular complexity index is 1150. The number of thiazole rings is 1. The van der Waals surface area contributed by atoms with Gasteiger partial charge in [-0.3, -0.25) is 14.9 Å². The van der Waals surface area contributed by atoms with Gasteiger partial charge in [0.15, 0.2) is 16.6 Å². The molecule has 0 radical (unpaired) electrons. The van der Waals surface area contributed by atoms with Gasteiger partial charge in [0.05, 0.1) is 12.8 Å². The number of hydrogen-bond acceptors (Lipinski definition) is 6. The zero-order chi connectivity index (χ0) is 22.0. The number of aryl methyl sites for hydroxylation is 1. The number of halogens is 2. The standard InChI is InChI=1S/C21H17F2N3O4S/c1-29-17-9-13(3-6-16(17)30-20(22)23)19(28)26-21-25-15(10-31-21)12-2-5-14-11(8-12)4-7-18(27)24-14/h2-3,5-6,8-10,20H,4,7H2,1H3,(H,24,27)(H,25,26,28). The van der Waals surface area contributed by atoms with Crippen molar-refractivity contribution >= 4 is 34.0 Å². The number of anilines is 2. The van der Waals surface area contributed by atoms with Crippen LogP contribution >= 0.6 is 11.3 Å². The number of aromatic nitrogens is 1. The van der Waals surface area contributed by atoms with E-state index >= 15 is 0 Å². The average molecular weight is 445 g/mol. The number of methoxy groups -OCH3 is 1. The van der Waals surface area contributed by atoms with E-state index in [1.807, 2.05) is 23.6 Å². The fourth-order valence-corrected chi connectivity index (χ4v) is 3.89. The molecule has 1 aromatic heterocycles. The Morgan fingerprint density at radius 3 is 2.81 bits per heavy atom. The van der Waals surface area contributed by atoms with Crippen molar-refractivity contribution in [3.8, 4) is 22.8 Å². The van der Waals surface area contributed by atoms with Crippen molar-refractivity contribution in [3.05, 3.63) is 52.9 Å². The van der Waals surface area contributed by atoms with E-state index in [1.54, 1.807) is 0 Å². The molecule has 31 heavy (non-hydrogen) atoms. The molecule has 2 N–H and O–H groups in total. The number of alkyl halides is 2. The second-order valence-electron chi connectivity index (χ2n) is 6.66. The highest BCUT2D eigenvalue weighted by Gasteiger charge is 2.18. The van der Waals surface area contributed by atoms with Crippen LogP contribution in [-0.2, 0) is 11.2 Å². The van der Waals surface area contributed by atoms with Crippen molar-refractivity contribution in [1.82, 2.24) is 4.98 Å². The van der Waals surface area contributed by atoms with E-state index in [4.69, 9.17) is 4.74 Å². The molecule has 3 aromatic rings. The Morgan fingerprint density at radius 2 is 2.03 bits per heavy atom. The summed E-state index contributed by atoms with van der Waals surface area (Å²) in [5, 5.41) is 7.74. The molecule has 10 heteroatoms. The van der Waals surface area contributed by atoms with Crippen molar-refractivity contribution in [3.63, 3.8) is 0 Å². The van der Waals surface area contributed by atoms with Gasteiger partial charge in [0.2, 0.25) is 5.91 Å². The zero-order valence-corrected chi connectivity index (χ0v) is 17.1. The average Bonchev–Trinajstić information content (AvgIpc) is 3.21. The summed E-state index contributed by atoms with van der Waals surface area (Å²) in [6.45, 7) is -3.00. The molecular weight excluding hydrogens is 428 g/mol. The number of amides is 2. The van der Waals surface area contributed by atoms with E-state index in [1.165, 1.54) is 36.6 Å². The lowest BCUT2D eigenvalue weighted by molar-refractivity contribution is -0.116. The van der Waals surface area contributed by atoms with E-state index in [0.29, 0.717) is 23.7 Å². The van der Waals surface area contributed by atoms with Crippen LogP contribution in [0.25, 0.3) is 11.3 Å². The van der Waals surface area contributed by atoms with Crippen LogP contribution in [0.3, 0.4) is 0 Å². The Labute approximate surface area is 180 Å². The van der Waals surface area contributed by atoms with Crippen LogP contribution in [0.5, 0.6) is 11.5 Å². The van der Waals surface area contributed by atoms with Crippen LogP contribution in [0.4, 0.5) is 19.6 Å². The van der Waals surface area contributed by atoms with Crippen molar-refractivity contribution in [1.29, 1.82) is 0 Å². The summed E-state index contributed by atoms with van der Waals surface area (Å²) in [4.78, 5) is 28.5. The number of rotatable bonds is 6. The molecule has 160 valence electrons. The Balaban J connectivity index is 1.49. The first-order chi connectivity index (χ1) is 14.9. The first kappa shape index (κ1) is 20.7. The maximum absolute atomic E-state index is 12.6. The van der Waals surface area contributed by atoms with Crippen LogP contribution in [-0.4, -0.2) is 30.5 Å². The highest BCUT2D eigenvalue weighted by molar-refractivity contribution is 7.14. The van der Waals surface area contributed by atoms with Gasteiger partial charge in [-0.1, -0.05) is 6.07 Å². The maximum Gasteiger partial charge on any atom is 0.387 e. The van der Waals surface area contributed by atoms with Gasteiger partial charge in [0, 0.05) is 28.6 Å². The van der Waals surface area contributed by atoms with Crippen molar-refractivity contribution < 1.29 is 27.8 Å². The number of benzene rings is 2. The third kappa shape index (κ3) is 4.64. The SMILES string of the molecule is COc1cc(C(=O)Nc2nc(-c3ccc4c(c3)CCC(=O)N4)cs2)ccc1OC(F)F. The van der Waals surface area contributed by atoms with Crippen LogP contribution in [0.2, 0.25) is 0 Å². The van der Waals surface area contributed by atoms with E-state index < -0.39 is 12.5 Å². The molecule has 0 unspecified atom stereocenters. The molecule has 0 bridgehead atoms. The quantitative estimate of drug-likeness (QED) is 0.581. The summed E-state index contributed by atoms with van der Waals surface area (Å²) in [5.41, 5.74) is 3.62. The first-order valence-corrected chi connectivity index (χ1v) is 10.1. The van der Waals surface area contributed by atoms with Gasteiger partial charge in [-0.15, -0.1) is 11.3 Å². The van der Waals surface area contributed by atoms with E-state index in [-0.39, 0.29) is 23.0 Å². The highest BCUT2D eigenvalue weighted by atomic mass is 32.1. The molecular formula is C21H17F2N3O4S. The van der Waals surface area contributed by atoms with Crippen LogP contribution < -0.4 is 20.1 Å². The fourth-order valence-electron chi connectivity index (χ4n) is 3.18. The minimum Gasteiger partial charge on any atom is -0.493 e. The molecule has 0 saturated carbocycles. The van der Waals surface area contributed by atoms with Crippen LogP contribution in [0, 0.1) is 0 Å². The molecule has 2 heterocycles. The highest BCUT2D eigenvalue weighted by Crippen LogP contribution is 2.32. The van der Waals surface area contributed by atoms with Gasteiger partial charge < -0.3 is 14.8 Å². The van der Waals surface area contributed by atoms with Gasteiger partial charge in [0.25, 0.3) is 5.91 Å². The number of nitrogens with zero attached hydrogens (tertiary/aromatic N) is 1. The number of carbonyl (C=O) groups excluding carboxylic acids is 2. The third-order valence-electron chi connectivity index (χ3n) is 4.66. The smallest absolute Gasteiger partial charge is 0.387 e. The summed E-state index contributed by atoms with van der Waals surface area (Å²) in [6, 6.07) is 9.61. The molecule has 0 spiro atoms. The molecule has 0 fully saturated rings. The molecule has 2 amide bonds. The van der Waals surface area contributed by atoms with Crippen molar-refractivity contribution in [2.45, 2.75) is 19.5 Å². The second kappa shape index (κ2) is 8.68. The molecule has 0 aliphatic carbocycles. The minimum absolute atomic E-state index is 0.00402. The summed E-state index contributed by atoms with van der Waals surface area (Å²) in [7, 11) is 1.30.